The summed E-state index contributed by atoms with van der Waals surface area (Å²) in [4.78, 5) is 13.5. The molecule has 4 nitrogen and oxygen atoms in total. The number of primary amides is 1. The molecule has 1 atom stereocenters. The van der Waals surface area contributed by atoms with Crippen molar-refractivity contribution in [3.8, 4) is 0 Å². The molecule has 0 bridgehead atoms. The van der Waals surface area contributed by atoms with Gasteiger partial charge in [-0.2, -0.15) is 0 Å². The van der Waals surface area contributed by atoms with Crippen molar-refractivity contribution in [2.45, 2.75) is 39.7 Å². The van der Waals surface area contributed by atoms with Crippen LogP contribution in [0.3, 0.4) is 0 Å². The van der Waals surface area contributed by atoms with Crippen LogP contribution in [0.5, 0.6) is 0 Å². The van der Waals surface area contributed by atoms with Crippen LogP contribution in [-0.2, 0) is 4.79 Å². The Morgan fingerprint density at radius 1 is 1.31 bits per heavy atom. The van der Waals surface area contributed by atoms with Crippen LogP contribution in [0.25, 0.3) is 0 Å². The Balaban J connectivity index is 4.18. The second-order valence-electron chi connectivity index (χ2n) is 5.99. The van der Waals surface area contributed by atoms with Gasteiger partial charge in [0.05, 0.1) is 5.54 Å². The number of nitrogens with two attached hydrogens (primary N) is 1. The van der Waals surface area contributed by atoms with E-state index in [0.29, 0.717) is 0 Å². The second-order valence-corrected chi connectivity index (χ2v) is 5.99. The lowest BCUT2D eigenvalue weighted by atomic mass is 9.94. The molecule has 0 aromatic carbocycles. The van der Waals surface area contributed by atoms with Crippen molar-refractivity contribution < 1.29 is 4.79 Å². The van der Waals surface area contributed by atoms with E-state index in [9.17, 15) is 4.79 Å². The quantitative estimate of drug-likeness (QED) is 0.709. The first-order valence-electron chi connectivity index (χ1n) is 5.78. The molecule has 0 saturated heterocycles. The molecule has 4 heteroatoms. The Morgan fingerprint density at radius 2 is 1.81 bits per heavy atom. The third kappa shape index (κ3) is 5.47. The lowest BCUT2D eigenvalue weighted by Gasteiger charge is -2.31. The number of carbonyl (C=O) groups excluding carboxylic acids is 1. The predicted molar refractivity (Wildman–Crippen MR) is 68.2 cm³/mol. The van der Waals surface area contributed by atoms with E-state index in [1.165, 1.54) is 0 Å². The lowest BCUT2D eigenvalue weighted by molar-refractivity contribution is -0.124. The molecule has 0 rings (SSSR count). The van der Waals surface area contributed by atoms with E-state index in [1.807, 2.05) is 6.92 Å². The zero-order valence-corrected chi connectivity index (χ0v) is 11.6. The Bertz CT molecular complexity index is 235. The van der Waals surface area contributed by atoms with Crippen molar-refractivity contribution >= 4 is 5.91 Å². The molecular weight excluding hydrogens is 202 g/mol. The maximum atomic E-state index is 11.3. The molecule has 0 radical (unpaired) electrons. The molecule has 0 heterocycles. The minimum Gasteiger partial charge on any atom is -0.368 e. The number of likely N-dealkylation sites (N-methyl/N-ethyl adjacent to an activating group) is 1. The van der Waals surface area contributed by atoms with Crippen LogP contribution in [0.2, 0.25) is 0 Å². The van der Waals surface area contributed by atoms with E-state index in [4.69, 9.17) is 5.73 Å². The minimum absolute atomic E-state index is 0.275. The molecule has 1 unspecified atom stereocenters. The van der Waals surface area contributed by atoms with E-state index in [2.05, 4.69) is 38.0 Å². The smallest absolute Gasteiger partial charge is 0.237 e. The fourth-order valence-corrected chi connectivity index (χ4v) is 1.67. The topological polar surface area (TPSA) is 58.4 Å². The molecular formula is C12H27N3O. The van der Waals surface area contributed by atoms with E-state index in [0.717, 1.165) is 19.5 Å². The molecule has 16 heavy (non-hydrogen) atoms. The largest absolute Gasteiger partial charge is 0.368 e. The van der Waals surface area contributed by atoms with Gasteiger partial charge in [-0.15, -0.1) is 0 Å². The van der Waals surface area contributed by atoms with Gasteiger partial charge in [-0.05, 0) is 32.9 Å². The highest BCUT2D eigenvalue weighted by Crippen LogP contribution is 2.16. The Morgan fingerprint density at radius 3 is 2.12 bits per heavy atom. The number of nitrogens with one attached hydrogen (secondary N) is 1. The van der Waals surface area contributed by atoms with Crippen LogP contribution in [-0.4, -0.2) is 43.5 Å². The molecule has 0 aliphatic carbocycles. The van der Waals surface area contributed by atoms with Crippen LogP contribution in [0, 0.1) is 5.41 Å². The second kappa shape index (κ2) is 5.64. The Hall–Kier alpha value is -0.610. The molecule has 96 valence electrons. The highest BCUT2D eigenvalue weighted by molar-refractivity contribution is 5.84. The van der Waals surface area contributed by atoms with Gasteiger partial charge in [-0.25, -0.2) is 0 Å². The molecule has 1 amide bonds. The lowest BCUT2D eigenvalue weighted by Crippen LogP contribution is -2.53. The summed E-state index contributed by atoms with van der Waals surface area (Å²) in [6.45, 7) is 10.3. The zero-order chi connectivity index (χ0) is 13.0. The third-order valence-electron chi connectivity index (χ3n) is 2.83. The van der Waals surface area contributed by atoms with E-state index in [-0.39, 0.29) is 11.3 Å². The highest BCUT2D eigenvalue weighted by Gasteiger charge is 2.29. The first-order chi connectivity index (χ1) is 7.10. The minimum atomic E-state index is -0.605. The van der Waals surface area contributed by atoms with Crippen molar-refractivity contribution in [2.24, 2.45) is 11.1 Å². The van der Waals surface area contributed by atoms with Gasteiger partial charge in [0, 0.05) is 13.1 Å². The molecule has 0 fully saturated rings. The number of hydrogen-bond acceptors (Lipinski definition) is 3. The summed E-state index contributed by atoms with van der Waals surface area (Å²) in [7, 11) is 3.84. The van der Waals surface area contributed by atoms with Crippen molar-refractivity contribution in [2.75, 3.05) is 27.2 Å². The summed E-state index contributed by atoms with van der Waals surface area (Å²) in [5.74, 6) is -0.292. The molecule has 0 aliphatic heterocycles. The fraction of sp³-hybridized carbons (Fsp3) is 0.917. The first kappa shape index (κ1) is 15.4. The molecule has 0 aliphatic rings. The van der Waals surface area contributed by atoms with Crippen LogP contribution >= 0.6 is 0 Å². The maximum Gasteiger partial charge on any atom is 0.237 e. The van der Waals surface area contributed by atoms with E-state index >= 15 is 0 Å². The van der Waals surface area contributed by atoms with Gasteiger partial charge in [0.25, 0.3) is 0 Å². The number of hydrogen-bond donors (Lipinski definition) is 2. The summed E-state index contributed by atoms with van der Waals surface area (Å²) in [6, 6.07) is 0. The van der Waals surface area contributed by atoms with Crippen LogP contribution in [0.1, 0.15) is 34.1 Å². The van der Waals surface area contributed by atoms with Crippen molar-refractivity contribution in [3.63, 3.8) is 0 Å². The summed E-state index contributed by atoms with van der Waals surface area (Å²) < 4.78 is 0. The molecule has 0 spiro atoms. The van der Waals surface area contributed by atoms with E-state index < -0.39 is 5.54 Å². The SMILES string of the molecule is CNC(C)(CCN(C)CC(C)(C)C)C(N)=O. The van der Waals surface area contributed by atoms with Crippen molar-refractivity contribution in [3.05, 3.63) is 0 Å². The van der Waals surface area contributed by atoms with Gasteiger partial charge in [-0.1, -0.05) is 20.8 Å². The molecule has 0 aromatic rings. The van der Waals surface area contributed by atoms with Crippen LogP contribution in [0.4, 0.5) is 0 Å². The molecule has 0 aromatic heterocycles. The Kier molecular flexibility index (Phi) is 5.42. The average molecular weight is 229 g/mol. The first-order valence-corrected chi connectivity index (χ1v) is 5.78. The summed E-state index contributed by atoms with van der Waals surface area (Å²) in [5, 5.41) is 2.99. The van der Waals surface area contributed by atoms with Crippen molar-refractivity contribution in [1.82, 2.24) is 10.2 Å². The van der Waals surface area contributed by atoms with Crippen LogP contribution < -0.4 is 11.1 Å². The number of amides is 1. The number of carbonyl (C=O) groups is 1. The summed E-state index contributed by atoms with van der Waals surface area (Å²) in [5.41, 5.74) is 5.05. The highest BCUT2D eigenvalue weighted by atomic mass is 16.1. The number of rotatable bonds is 6. The van der Waals surface area contributed by atoms with Crippen molar-refractivity contribution in [1.29, 1.82) is 0 Å². The van der Waals surface area contributed by atoms with Gasteiger partial charge in [-0.3, -0.25) is 4.79 Å². The van der Waals surface area contributed by atoms with Gasteiger partial charge < -0.3 is 16.0 Å². The Labute approximate surface area is 99.6 Å². The third-order valence-corrected chi connectivity index (χ3v) is 2.83. The molecule has 0 saturated carbocycles. The monoisotopic (exact) mass is 229 g/mol. The fourth-order valence-electron chi connectivity index (χ4n) is 1.67. The van der Waals surface area contributed by atoms with Crippen LogP contribution in [0.15, 0.2) is 0 Å². The average Bonchev–Trinajstić information content (AvgIpc) is 2.11. The zero-order valence-electron chi connectivity index (χ0n) is 11.6. The van der Waals surface area contributed by atoms with Gasteiger partial charge in [0.1, 0.15) is 0 Å². The van der Waals surface area contributed by atoms with E-state index in [1.54, 1.807) is 7.05 Å². The standard InChI is InChI=1S/C12H27N3O/c1-11(2,3)9-15(6)8-7-12(4,14-5)10(13)16/h14H,7-9H2,1-6H3,(H2,13,16). The summed E-state index contributed by atoms with van der Waals surface area (Å²) in [6.07, 6.45) is 0.728. The normalized spacial score (nSPS) is 16.2. The van der Waals surface area contributed by atoms with Gasteiger partial charge >= 0.3 is 0 Å². The maximum absolute atomic E-state index is 11.3. The summed E-state index contributed by atoms with van der Waals surface area (Å²) >= 11 is 0. The predicted octanol–water partition coefficient (Wildman–Crippen LogP) is 0.818. The molecule has 3 N–H and O–H groups in total. The van der Waals surface area contributed by atoms with Gasteiger partial charge in [0.15, 0.2) is 0 Å². The number of nitrogens with zero attached hydrogens (tertiary/aromatic N) is 1. The van der Waals surface area contributed by atoms with Gasteiger partial charge in [0.2, 0.25) is 5.91 Å².